The molecule has 0 saturated heterocycles. The monoisotopic (exact) mass is 718 g/mol. The molecule has 4 heteroatoms. The van der Waals surface area contributed by atoms with Gasteiger partial charge in [-0.25, -0.2) is 9.97 Å². The summed E-state index contributed by atoms with van der Waals surface area (Å²) in [4.78, 5) is 9.60. The number of hydrogen-bond acceptors (Lipinski definition) is 2. The standard InChI is InChI=1S/C52H38N4/c1-35-53-49-23-11-13-25-51(49)55(35)39-31-27-37(28-32-39)41-15-3-5-17-43(41)45-19-7-9-21-47(45)48-22-10-8-20-46(48)44-18-6-4-16-42(44)38-29-33-40(34-30-38)56-36(2)54-50-24-12-14-26-52(50)56/h3-34H,1-2H3. The molecule has 0 bridgehead atoms. The Kier molecular flexibility index (Phi) is 8.23. The minimum Gasteiger partial charge on any atom is -0.297 e. The number of rotatable bonds is 7. The SMILES string of the molecule is Cc1nc2ccccc2n1-c1ccc(-c2ccccc2-c2ccccc2-c2ccccc2-c2ccccc2-c2ccc(-n3c(C)nc4ccccc43)cc2)cc1. The first kappa shape index (κ1) is 33.3. The van der Waals surface area contributed by atoms with Gasteiger partial charge in [0.25, 0.3) is 0 Å². The molecule has 266 valence electrons. The van der Waals surface area contributed by atoms with Crippen LogP contribution in [0.1, 0.15) is 11.6 Å². The van der Waals surface area contributed by atoms with Crippen molar-refractivity contribution >= 4 is 22.1 Å². The van der Waals surface area contributed by atoms with Gasteiger partial charge in [0.1, 0.15) is 11.6 Å². The highest BCUT2D eigenvalue weighted by molar-refractivity contribution is 5.98. The number of hydrogen-bond donors (Lipinski definition) is 0. The van der Waals surface area contributed by atoms with E-state index in [9.17, 15) is 0 Å². The number of imidazole rings is 2. The molecule has 0 aliphatic carbocycles. The molecule has 0 aliphatic rings. The zero-order valence-electron chi connectivity index (χ0n) is 31.3. The molecule has 0 N–H and O–H groups in total. The Balaban J connectivity index is 1.04. The highest BCUT2D eigenvalue weighted by Gasteiger charge is 2.18. The number of nitrogens with zero attached hydrogens (tertiary/aromatic N) is 4. The maximum atomic E-state index is 4.80. The normalized spacial score (nSPS) is 11.4. The van der Waals surface area contributed by atoms with Crippen LogP contribution in [0.15, 0.2) is 194 Å². The Morgan fingerprint density at radius 1 is 0.286 bits per heavy atom. The van der Waals surface area contributed by atoms with Crippen molar-refractivity contribution in [3.05, 3.63) is 206 Å². The first-order valence-electron chi connectivity index (χ1n) is 19.1. The van der Waals surface area contributed by atoms with Crippen molar-refractivity contribution < 1.29 is 0 Å². The van der Waals surface area contributed by atoms with Crippen LogP contribution in [0.5, 0.6) is 0 Å². The second-order valence-electron chi connectivity index (χ2n) is 14.2. The average Bonchev–Trinajstić information content (AvgIpc) is 3.78. The first-order chi connectivity index (χ1) is 27.6. The number of benzene rings is 8. The summed E-state index contributed by atoms with van der Waals surface area (Å²) in [5.41, 5.74) is 18.3. The second-order valence-corrected chi connectivity index (χ2v) is 14.2. The van der Waals surface area contributed by atoms with Crippen LogP contribution in [0.4, 0.5) is 0 Å². The summed E-state index contributed by atoms with van der Waals surface area (Å²) in [6, 6.07) is 69.5. The highest BCUT2D eigenvalue weighted by atomic mass is 15.1. The predicted molar refractivity (Wildman–Crippen MR) is 232 cm³/mol. The molecule has 2 heterocycles. The van der Waals surface area contributed by atoms with Crippen LogP contribution in [0, 0.1) is 13.8 Å². The molecule has 0 saturated carbocycles. The van der Waals surface area contributed by atoms with Crippen molar-refractivity contribution in [2.75, 3.05) is 0 Å². The van der Waals surface area contributed by atoms with Gasteiger partial charge in [-0.15, -0.1) is 0 Å². The van der Waals surface area contributed by atoms with E-state index in [0.29, 0.717) is 0 Å². The van der Waals surface area contributed by atoms with Gasteiger partial charge in [0, 0.05) is 11.4 Å². The molecule has 56 heavy (non-hydrogen) atoms. The third kappa shape index (κ3) is 5.71. The fraction of sp³-hybridized carbons (Fsp3) is 0.0385. The first-order valence-corrected chi connectivity index (χ1v) is 19.1. The Morgan fingerprint density at radius 2 is 0.554 bits per heavy atom. The lowest BCUT2D eigenvalue weighted by atomic mass is 9.85. The molecule has 10 rings (SSSR count). The topological polar surface area (TPSA) is 35.6 Å². The molecule has 10 aromatic rings. The van der Waals surface area contributed by atoms with Crippen LogP contribution in [0.2, 0.25) is 0 Å². The average molecular weight is 719 g/mol. The Hall–Kier alpha value is -7.30. The van der Waals surface area contributed by atoms with Crippen molar-refractivity contribution in [1.82, 2.24) is 19.1 Å². The van der Waals surface area contributed by atoms with Crippen molar-refractivity contribution in [3.63, 3.8) is 0 Å². The van der Waals surface area contributed by atoms with Crippen molar-refractivity contribution in [2.45, 2.75) is 13.8 Å². The van der Waals surface area contributed by atoms with Gasteiger partial charge in [-0.05, 0) is 118 Å². The molecule has 0 spiro atoms. The lowest BCUT2D eigenvalue weighted by Crippen LogP contribution is -1.97. The van der Waals surface area contributed by atoms with E-state index in [-0.39, 0.29) is 0 Å². The lowest BCUT2D eigenvalue weighted by Gasteiger charge is -2.19. The summed E-state index contributed by atoms with van der Waals surface area (Å²) in [7, 11) is 0. The van der Waals surface area contributed by atoms with Crippen LogP contribution < -0.4 is 0 Å². The molecule has 0 aliphatic heterocycles. The maximum absolute atomic E-state index is 4.80. The molecule has 0 radical (unpaired) electrons. The van der Waals surface area contributed by atoms with Crippen LogP contribution in [-0.2, 0) is 0 Å². The fourth-order valence-electron chi connectivity index (χ4n) is 8.37. The number of aromatic nitrogens is 4. The quantitative estimate of drug-likeness (QED) is 0.164. The van der Waals surface area contributed by atoms with Gasteiger partial charge in [0.15, 0.2) is 0 Å². The lowest BCUT2D eigenvalue weighted by molar-refractivity contribution is 1.00. The van der Waals surface area contributed by atoms with Crippen LogP contribution in [0.3, 0.4) is 0 Å². The van der Waals surface area contributed by atoms with Crippen LogP contribution in [0.25, 0.3) is 89.1 Å². The van der Waals surface area contributed by atoms with Gasteiger partial charge in [0.2, 0.25) is 0 Å². The molecule has 0 fully saturated rings. The van der Waals surface area contributed by atoms with Gasteiger partial charge in [-0.2, -0.15) is 0 Å². The van der Waals surface area contributed by atoms with E-state index in [4.69, 9.17) is 9.97 Å². The van der Waals surface area contributed by atoms with Crippen molar-refractivity contribution in [2.24, 2.45) is 0 Å². The van der Waals surface area contributed by atoms with Gasteiger partial charge >= 0.3 is 0 Å². The number of para-hydroxylation sites is 4. The summed E-state index contributed by atoms with van der Waals surface area (Å²) in [5, 5.41) is 0. The van der Waals surface area contributed by atoms with Gasteiger partial charge < -0.3 is 0 Å². The highest BCUT2D eigenvalue weighted by Crippen LogP contribution is 2.43. The van der Waals surface area contributed by atoms with E-state index >= 15 is 0 Å². The molecule has 2 aromatic heterocycles. The van der Waals surface area contributed by atoms with E-state index < -0.39 is 0 Å². The molecule has 8 aromatic carbocycles. The second kappa shape index (κ2) is 13.8. The van der Waals surface area contributed by atoms with Gasteiger partial charge in [-0.3, -0.25) is 9.13 Å². The zero-order valence-corrected chi connectivity index (χ0v) is 31.3. The van der Waals surface area contributed by atoms with E-state index in [1.54, 1.807) is 0 Å². The Morgan fingerprint density at radius 3 is 0.893 bits per heavy atom. The van der Waals surface area contributed by atoms with Gasteiger partial charge in [0.05, 0.1) is 22.1 Å². The fourth-order valence-corrected chi connectivity index (χ4v) is 8.37. The molecule has 0 atom stereocenters. The smallest absolute Gasteiger partial charge is 0.111 e. The van der Waals surface area contributed by atoms with E-state index in [1.165, 1.54) is 55.6 Å². The third-order valence-electron chi connectivity index (χ3n) is 10.9. The van der Waals surface area contributed by atoms with Crippen molar-refractivity contribution in [1.29, 1.82) is 0 Å². The Labute approximate surface area is 326 Å². The minimum absolute atomic E-state index is 0.976. The van der Waals surface area contributed by atoms with Crippen molar-refractivity contribution in [3.8, 4) is 67.0 Å². The predicted octanol–water partition coefficient (Wildman–Crippen LogP) is 13.3. The summed E-state index contributed by atoms with van der Waals surface area (Å²) in [5.74, 6) is 1.95. The van der Waals surface area contributed by atoms with E-state index in [0.717, 1.165) is 45.1 Å². The van der Waals surface area contributed by atoms with Crippen LogP contribution in [-0.4, -0.2) is 19.1 Å². The maximum Gasteiger partial charge on any atom is 0.111 e. The zero-order chi connectivity index (χ0) is 37.6. The summed E-state index contributed by atoms with van der Waals surface area (Å²) >= 11 is 0. The third-order valence-corrected chi connectivity index (χ3v) is 10.9. The summed E-state index contributed by atoms with van der Waals surface area (Å²) in [6.45, 7) is 4.13. The number of fused-ring (bicyclic) bond motifs is 2. The Bertz CT molecular complexity index is 2830. The molecule has 4 nitrogen and oxygen atoms in total. The molecular formula is C52H38N4. The summed E-state index contributed by atoms with van der Waals surface area (Å²) < 4.78 is 4.46. The largest absolute Gasteiger partial charge is 0.297 e. The van der Waals surface area contributed by atoms with E-state index in [2.05, 4.69) is 205 Å². The molecule has 0 amide bonds. The van der Waals surface area contributed by atoms with Crippen LogP contribution >= 0.6 is 0 Å². The molecular weight excluding hydrogens is 681 g/mol. The summed E-state index contributed by atoms with van der Waals surface area (Å²) in [6.07, 6.45) is 0. The molecule has 0 unspecified atom stereocenters. The van der Waals surface area contributed by atoms with Gasteiger partial charge in [-0.1, -0.05) is 146 Å². The van der Waals surface area contributed by atoms with E-state index in [1.807, 2.05) is 12.1 Å². The minimum atomic E-state index is 0.976. The number of aryl methyl sites for hydroxylation is 2.